The number of aromatic nitrogens is 2. The second-order valence-electron chi connectivity index (χ2n) is 11.7. The molecule has 6 rings (SSSR count). The molecule has 3 aromatic rings. The maximum Gasteiger partial charge on any atom is 0.414 e. The summed E-state index contributed by atoms with van der Waals surface area (Å²) in [5.41, 5.74) is 3.59. The maximum atomic E-state index is 14.3. The number of likely N-dealkylation sites (tertiary alicyclic amines) is 1. The molecule has 11 heteroatoms. The number of hydrogen-bond acceptors (Lipinski definition) is 8. The average molecular weight is 575 g/mol. The van der Waals surface area contributed by atoms with E-state index >= 15 is 0 Å². The molecule has 220 valence electrons. The van der Waals surface area contributed by atoms with E-state index in [9.17, 15) is 14.0 Å². The minimum absolute atomic E-state index is 0.0535. The van der Waals surface area contributed by atoms with Crippen molar-refractivity contribution in [2.75, 3.05) is 48.4 Å². The fraction of sp³-hybridized carbons (Fsp3) is 0.419. The molecule has 0 saturated carbocycles. The largest absolute Gasteiger partial charge is 0.452 e. The number of methoxy groups -OCH3 is 1. The van der Waals surface area contributed by atoms with Gasteiger partial charge in [0.25, 0.3) is 0 Å². The smallest absolute Gasteiger partial charge is 0.414 e. The highest BCUT2D eigenvalue weighted by atomic mass is 19.1. The molecule has 1 aromatic heterocycles. The van der Waals surface area contributed by atoms with E-state index in [0.717, 1.165) is 56.8 Å². The minimum Gasteiger partial charge on any atom is -0.452 e. The van der Waals surface area contributed by atoms with Crippen molar-refractivity contribution in [1.29, 1.82) is 0 Å². The highest BCUT2D eigenvalue weighted by Gasteiger charge is 2.44. The third-order valence-electron chi connectivity index (χ3n) is 8.41. The number of amides is 2. The third kappa shape index (κ3) is 5.48. The Labute approximate surface area is 244 Å². The lowest BCUT2D eigenvalue weighted by molar-refractivity contribution is -0.115. The van der Waals surface area contributed by atoms with Gasteiger partial charge in [0, 0.05) is 49.4 Å². The lowest BCUT2D eigenvalue weighted by Crippen LogP contribution is -2.37. The molecule has 1 spiro atoms. The van der Waals surface area contributed by atoms with Crippen LogP contribution in [-0.4, -0.2) is 66.2 Å². The standard InChI is InChI=1S/C31H35FN6O4/c1-20(2)38(30(40)41-3)25-14-23(32)6-7-26(25)42-27-15-33-19-34-29(27)37-11-9-31(18-37)8-10-36(17-31)16-21-4-5-22-13-28(39)35-24(22)12-21/h4-7,12,14-15,19-20H,8-11,13,16-18H2,1-3H3,(H,35,39). The zero-order valence-corrected chi connectivity index (χ0v) is 24.1. The van der Waals surface area contributed by atoms with Gasteiger partial charge in [0.2, 0.25) is 5.91 Å². The van der Waals surface area contributed by atoms with Gasteiger partial charge in [-0.1, -0.05) is 12.1 Å². The van der Waals surface area contributed by atoms with Crippen LogP contribution in [0.5, 0.6) is 11.5 Å². The number of anilines is 3. The topological polar surface area (TPSA) is 100 Å². The Bertz CT molecular complexity index is 1520. The number of carbonyl (C=O) groups is 2. The van der Waals surface area contributed by atoms with Crippen LogP contribution in [0, 0.1) is 11.2 Å². The fourth-order valence-corrected chi connectivity index (χ4v) is 6.42. The van der Waals surface area contributed by atoms with Gasteiger partial charge in [0.15, 0.2) is 17.3 Å². The van der Waals surface area contributed by atoms with Gasteiger partial charge in [-0.25, -0.2) is 19.2 Å². The van der Waals surface area contributed by atoms with Crippen LogP contribution in [0.4, 0.5) is 26.4 Å². The molecular weight excluding hydrogens is 539 g/mol. The van der Waals surface area contributed by atoms with E-state index in [1.165, 1.54) is 42.1 Å². The van der Waals surface area contributed by atoms with Gasteiger partial charge in [-0.15, -0.1) is 0 Å². The summed E-state index contributed by atoms with van der Waals surface area (Å²) in [6.45, 7) is 8.10. The van der Waals surface area contributed by atoms with Gasteiger partial charge in [-0.2, -0.15) is 0 Å². The first-order chi connectivity index (χ1) is 20.2. The Hall–Kier alpha value is -4.25. The minimum atomic E-state index is -0.609. The summed E-state index contributed by atoms with van der Waals surface area (Å²) >= 11 is 0. The van der Waals surface area contributed by atoms with E-state index in [1.807, 2.05) is 13.8 Å². The molecule has 1 unspecified atom stereocenters. The fourth-order valence-electron chi connectivity index (χ4n) is 6.42. The third-order valence-corrected chi connectivity index (χ3v) is 8.41. The van der Waals surface area contributed by atoms with E-state index in [-0.39, 0.29) is 23.1 Å². The molecule has 3 aliphatic heterocycles. The highest BCUT2D eigenvalue weighted by molar-refractivity contribution is 5.99. The first-order valence-corrected chi connectivity index (χ1v) is 14.3. The van der Waals surface area contributed by atoms with Crippen LogP contribution in [-0.2, 0) is 22.5 Å². The predicted octanol–water partition coefficient (Wildman–Crippen LogP) is 4.99. The molecule has 4 heterocycles. The first-order valence-electron chi connectivity index (χ1n) is 14.3. The average Bonchev–Trinajstić information content (AvgIpc) is 3.67. The molecule has 0 radical (unpaired) electrons. The number of halogens is 1. The summed E-state index contributed by atoms with van der Waals surface area (Å²) in [4.78, 5) is 39.2. The Balaban J connectivity index is 1.17. The van der Waals surface area contributed by atoms with Gasteiger partial charge in [0.1, 0.15) is 12.1 Å². The maximum absolute atomic E-state index is 14.3. The zero-order chi connectivity index (χ0) is 29.4. The molecule has 42 heavy (non-hydrogen) atoms. The SMILES string of the molecule is COC(=O)N(c1cc(F)ccc1Oc1cncnc1N1CCC2(CCN(Cc3ccc4c(c3)NC(=O)C4)C2)C1)C(C)C. The second-order valence-corrected chi connectivity index (χ2v) is 11.7. The Morgan fingerprint density at radius 2 is 1.98 bits per heavy atom. The summed E-state index contributed by atoms with van der Waals surface area (Å²) in [5, 5.41) is 2.95. The summed E-state index contributed by atoms with van der Waals surface area (Å²) in [6.07, 6.45) is 5.06. The van der Waals surface area contributed by atoms with Gasteiger partial charge in [-0.05, 0) is 62.6 Å². The lowest BCUT2D eigenvalue weighted by atomic mass is 9.86. The molecule has 2 aromatic carbocycles. The van der Waals surface area contributed by atoms with Crippen molar-refractivity contribution in [2.45, 2.75) is 45.7 Å². The van der Waals surface area contributed by atoms with Crippen molar-refractivity contribution in [3.8, 4) is 11.5 Å². The highest BCUT2D eigenvalue weighted by Crippen LogP contribution is 2.44. The normalized spacial score (nSPS) is 19.8. The predicted molar refractivity (Wildman–Crippen MR) is 156 cm³/mol. The van der Waals surface area contributed by atoms with Crippen LogP contribution in [0.1, 0.15) is 37.8 Å². The van der Waals surface area contributed by atoms with Crippen LogP contribution < -0.4 is 19.9 Å². The molecule has 1 N–H and O–H groups in total. The van der Waals surface area contributed by atoms with Crippen molar-refractivity contribution >= 4 is 29.2 Å². The zero-order valence-electron chi connectivity index (χ0n) is 24.1. The first kappa shape index (κ1) is 27.9. The summed E-state index contributed by atoms with van der Waals surface area (Å²) in [5.74, 6) is 0.967. The van der Waals surface area contributed by atoms with Crippen LogP contribution in [0.3, 0.4) is 0 Å². The number of benzene rings is 2. The van der Waals surface area contributed by atoms with Crippen LogP contribution >= 0.6 is 0 Å². The quantitative estimate of drug-likeness (QED) is 0.422. The molecule has 3 aliphatic rings. The molecule has 2 fully saturated rings. The van der Waals surface area contributed by atoms with Crippen molar-refractivity contribution in [2.24, 2.45) is 5.41 Å². The second kappa shape index (κ2) is 11.2. The van der Waals surface area contributed by atoms with Gasteiger partial charge in [0.05, 0.1) is 25.4 Å². The molecule has 0 bridgehead atoms. The summed E-state index contributed by atoms with van der Waals surface area (Å²) < 4.78 is 25.6. The van der Waals surface area contributed by atoms with Gasteiger partial charge in [-0.3, -0.25) is 14.6 Å². The van der Waals surface area contributed by atoms with E-state index in [1.54, 1.807) is 6.20 Å². The van der Waals surface area contributed by atoms with Crippen LogP contribution in [0.2, 0.25) is 0 Å². The van der Waals surface area contributed by atoms with Gasteiger partial charge < -0.3 is 19.7 Å². The van der Waals surface area contributed by atoms with Crippen molar-refractivity contribution in [3.05, 3.63) is 65.9 Å². The number of fused-ring (bicyclic) bond motifs is 1. The summed E-state index contributed by atoms with van der Waals surface area (Å²) in [6, 6.07) is 10.0. The molecule has 2 saturated heterocycles. The Morgan fingerprint density at radius 3 is 2.79 bits per heavy atom. The van der Waals surface area contributed by atoms with E-state index in [2.05, 4.69) is 43.3 Å². The molecular formula is C31H35FN6O4. The number of nitrogens with zero attached hydrogens (tertiary/aromatic N) is 5. The van der Waals surface area contributed by atoms with Crippen molar-refractivity contribution < 1.29 is 23.5 Å². The number of carbonyl (C=O) groups excluding carboxylic acids is 2. The number of ether oxygens (including phenoxy) is 2. The molecule has 0 aliphatic carbocycles. The van der Waals surface area contributed by atoms with Crippen LogP contribution in [0.15, 0.2) is 48.9 Å². The number of nitrogens with one attached hydrogen (secondary N) is 1. The lowest BCUT2D eigenvalue weighted by Gasteiger charge is -2.28. The number of hydrogen-bond donors (Lipinski definition) is 1. The Kier molecular flexibility index (Phi) is 7.44. The van der Waals surface area contributed by atoms with Crippen LogP contribution in [0.25, 0.3) is 0 Å². The van der Waals surface area contributed by atoms with E-state index < -0.39 is 11.9 Å². The Morgan fingerprint density at radius 1 is 1.14 bits per heavy atom. The number of rotatable bonds is 7. The molecule has 10 nitrogen and oxygen atoms in total. The summed E-state index contributed by atoms with van der Waals surface area (Å²) in [7, 11) is 1.29. The monoisotopic (exact) mass is 574 g/mol. The van der Waals surface area contributed by atoms with Crippen molar-refractivity contribution in [3.63, 3.8) is 0 Å². The molecule has 1 atom stereocenters. The van der Waals surface area contributed by atoms with Crippen molar-refractivity contribution in [1.82, 2.24) is 14.9 Å². The van der Waals surface area contributed by atoms with E-state index in [4.69, 9.17) is 9.47 Å². The van der Waals surface area contributed by atoms with E-state index in [0.29, 0.717) is 23.7 Å². The van der Waals surface area contributed by atoms with Gasteiger partial charge >= 0.3 is 6.09 Å². The molecule has 2 amide bonds.